The molecule has 3 aromatic rings. The molecule has 264 valence electrons. The van der Waals surface area contributed by atoms with Crippen molar-refractivity contribution in [2.75, 3.05) is 6.54 Å². The average Bonchev–Trinajstić information content (AvgIpc) is 3.47. The molecule has 0 radical (unpaired) electrons. The summed E-state index contributed by atoms with van der Waals surface area (Å²) in [5.41, 5.74) is 1.06. The van der Waals surface area contributed by atoms with Crippen molar-refractivity contribution >= 4 is 24.9 Å². The lowest BCUT2D eigenvalue weighted by Gasteiger charge is -2.64. The topological polar surface area (TPSA) is 112 Å². The van der Waals surface area contributed by atoms with Crippen LogP contribution >= 0.6 is 0 Å². The van der Waals surface area contributed by atoms with Crippen molar-refractivity contribution in [2.45, 2.75) is 84.6 Å². The fourth-order valence-electron chi connectivity index (χ4n) is 8.03. The number of ether oxygens (including phenoxy) is 2. The summed E-state index contributed by atoms with van der Waals surface area (Å²) in [5.74, 6) is 0.638. The van der Waals surface area contributed by atoms with Gasteiger partial charge in [-0.25, -0.2) is 4.79 Å². The highest BCUT2D eigenvalue weighted by Crippen LogP contribution is 2.65. The molecule has 2 bridgehead atoms. The summed E-state index contributed by atoms with van der Waals surface area (Å²) in [6, 6.07) is 25.6. The third-order valence-corrected chi connectivity index (χ3v) is 11.0. The minimum Gasteiger partial charge on any atom is -0.457 e. The highest BCUT2D eigenvalue weighted by molar-refractivity contribution is 6.47. The summed E-state index contributed by atoms with van der Waals surface area (Å²) in [4.78, 5) is 40.4. The highest BCUT2D eigenvalue weighted by Gasteiger charge is 2.68. The largest absolute Gasteiger partial charge is 0.481 e. The van der Waals surface area contributed by atoms with Gasteiger partial charge in [-0.1, -0.05) is 76.2 Å². The van der Waals surface area contributed by atoms with Gasteiger partial charge in [0.05, 0.1) is 23.6 Å². The van der Waals surface area contributed by atoms with Crippen LogP contribution in [0, 0.1) is 29.1 Å². The summed E-state index contributed by atoms with van der Waals surface area (Å²) in [6.07, 6.45) is 1.90. The van der Waals surface area contributed by atoms with Crippen molar-refractivity contribution in [2.24, 2.45) is 29.1 Å². The van der Waals surface area contributed by atoms with Crippen molar-refractivity contribution < 1.29 is 33.2 Å². The van der Waals surface area contributed by atoms with Gasteiger partial charge >= 0.3 is 13.2 Å². The quantitative estimate of drug-likeness (QED) is 0.135. The number of ketones is 1. The molecule has 2 amide bonds. The van der Waals surface area contributed by atoms with Gasteiger partial charge in [-0.3, -0.25) is 9.59 Å². The molecule has 50 heavy (non-hydrogen) atoms. The Kier molecular flexibility index (Phi) is 10.7. The fourth-order valence-corrected chi connectivity index (χ4v) is 8.03. The number of alkyl carbamates (subject to hydrolysis) is 1. The number of amides is 2. The van der Waals surface area contributed by atoms with Crippen LogP contribution in [0.15, 0.2) is 84.9 Å². The molecule has 2 N–H and O–H groups in total. The normalized spacial score (nSPS) is 24.4. The molecule has 0 spiro atoms. The van der Waals surface area contributed by atoms with Crippen LogP contribution in [0.25, 0.3) is 0 Å². The zero-order valence-corrected chi connectivity index (χ0v) is 29.7. The maximum absolute atomic E-state index is 14.1. The number of rotatable bonds is 14. The van der Waals surface area contributed by atoms with Gasteiger partial charge in [0.1, 0.15) is 18.1 Å². The number of carbonyl (C=O) groups excluding carboxylic acids is 3. The Morgan fingerprint density at radius 3 is 2.22 bits per heavy atom. The number of carbonyl (C=O) groups is 3. The smallest absolute Gasteiger partial charge is 0.457 e. The monoisotopic (exact) mass is 680 g/mol. The van der Waals surface area contributed by atoms with Crippen LogP contribution in [-0.4, -0.2) is 49.1 Å². The standard InChI is InChI=1S/C40H49BN2O7/c1-26(2)20-36(41-49-35-23-30-22-34(39(30,3)4)40(35,5)50-41)43-37(45)29(24-42-38(46)47-25-27-12-8-6-9-13-27)21-33(44)28-16-18-32(19-17-28)48-31-14-10-7-11-15-31/h6-19,26,29-30,34-36H,20-25H2,1-5H3,(H,42,46)(H,43,45)/t29-,30+,34+,35+,36-,40-/m0/s1. The van der Waals surface area contributed by atoms with Crippen molar-refractivity contribution in [3.8, 4) is 11.5 Å². The summed E-state index contributed by atoms with van der Waals surface area (Å²) in [6.45, 7) is 11.0. The molecule has 0 aromatic heterocycles. The van der Waals surface area contributed by atoms with Crippen molar-refractivity contribution in [3.05, 3.63) is 96.1 Å². The Hall–Kier alpha value is -4.15. The van der Waals surface area contributed by atoms with E-state index in [0.717, 1.165) is 18.4 Å². The minimum atomic E-state index is -0.868. The highest BCUT2D eigenvalue weighted by atomic mass is 16.7. The zero-order valence-electron chi connectivity index (χ0n) is 29.7. The van der Waals surface area contributed by atoms with E-state index in [1.54, 1.807) is 24.3 Å². The summed E-state index contributed by atoms with van der Waals surface area (Å²) >= 11 is 0. The number of benzene rings is 3. The zero-order chi connectivity index (χ0) is 35.5. The van der Waals surface area contributed by atoms with Crippen molar-refractivity contribution in [3.63, 3.8) is 0 Å². The van der Waals surface area contributed by atoms with Gasteiger partial charge in [-0.15, -0.1) is 0 Å². The molecule has 1 heterocycles. The second-order valence-electron chi connectivity index (χ2n) is 15.3. The molecule has 0 unspecified atom stereocenters. The lowest BCUT2D eigenvalue weighted by molar-refractivity contribution is -0.199. The molecule has 6 atom stereocenters. The number of hydrogen-bond donors (Lipinski definition) is 2. The maximum atomic E-state index is 14.1. The first-order valence-corrected chi connectivity index (χ1v) is 17.9. The lowest BCUT2D eigenvalue weighted by Crippen LogP contribution is -2.65. The van der Waals surface area contributed by atoms with Crippen LogP contribution in [0.4, 0.5) is 4.79 Å². The third-order valence-electron chi connectivity index (χ3n) is 11.0. The summed E-state index contributed by atoms with van der Waals surface area (Å²) < 4.78 is 24.6. The van der Waals surface area contributed by atoms with Gasteiger partial charge in [0.2, 0.25) is 5.91 Å². The van der Waals surface area contributed by atoms with Crippen LogP contribution in [0.5, 0.6) is 11.5 Å². The Morgan fingerprint density at radius 1 is 0.900 bits per heavy atom. The molecule has 1 saturated heterocycles. The Morgan fingerprint density at radius 2 is 1.56 bits per heavy atom. The molecule has 1 aliphatic heterocycles. The Balaban J connectivity index is 1.14. The second kappa shape index (κ2) is 15.0. The molecule has 9 nitrogen and oxygen atoms in total. The molecule has 4 aliphatic rings. The first-order valence-electron chi connectivity index (χ1n) is 17.9. The number of nitrogens with one attached hydrogen (secondary N) is 2. The van der Waals surface area contributed by atoms with Gasteiger partial charge < -0.3 is 29.4 Å². The Bertz CT molecular complexity index is 1630. The van der Waals surface area contributed by atoms with Crippen LogP contribution in [-0.2, 0) is 25.4 Å². The minimum absolute atomic E-state index is 0.0249. The predicted molar refractivity (Wildman–Crippen MR) is 192 cm³/mol. The Labute approximate surface area is 295 Å². The van der Waals surface area contributed by atoms with E-state index in [4.69, 9.17) is 18.8 Å². The number of para-hydroxylation sites is 1. The molecule has 10 heteroatoms. The first kappa shape index (κ1) is 35.7. The van der Waals surface area contributed by atoms with E-state index in [-0.39, 0.29) is 48.7 Å². The number of Topliss-reactive ketones (excluding diaryl/α,β-unsaturated/α-hetero) is 1. The first-order chi connectivity index (χ1) is 23.9. The maximum Gasteiger partial charge on any atom is 0.481 e. The van der Waals surface area contributed by atoms with Crippen LogP contribution in [0.1, 0.15) is 76.2 Å². The lowest BCUT2D eigenvalue weighted by atomic mass is 9.43. The van der Waals surface area contributed by atoms with E-state index in [0.29, 0.717) is 35.3 Å². The van der Waals surface area contributed by atoms with E-state index in [2.05, 4.69) is 45.3 Å². The van der Waals surface area contributed by atoms with Gasteiger partial charge in [0.25, 0.3) is 0 Å². The van der Waals surface area contributed by atoms with E-state index >= 15 is 0 Å². The van der Waals surface area contributed by atoms with Gasteiger partial charge in [-0.05, 0) is 91.3 Å². The van der Waals surface area contributed by atoms with Crippen LogP contribution in [0.3, 0.4) is 0 Å². The molecule has 3 aliphatic carbocycles. The third kappa shape index (κ3) is 7.92. The second-order valence-corrected chi connectivity index (χ2v) is 15.3. The van der Waals surface area contributed by atoms with E-state index in [1.807, 2.05) is 60.7 Å². The molecule has 4 fully saturated rings. The number of hydrogen-bond acceptors (Lipinski definition) is 7. The fraction of sp³-hybridized carbons (Fsp3) is 0.475. The van der Waals surface area contributed by atoms with E-state index in [9.17, 15) is 14.4 Å². The van der Waals surface area contributed by atoms with Gasteiger partial charge in [0, 0.05) is 18.5 Å². The molecular weight excluding hydrogens is 631 g/mol. The summed E-state index contributed by atoms with van der Waals surface area (Å²) in [5, 5.41) is 5.91. The molecule has 3 aromatic carbocycles. The summed E-state index contributed by atoms with van der Waals surface area (Å²) in [7, 11) is -0.608. The SMILES string of the molecule is CC(C)C[C@H](NC(=O)[C@H](CNC(=O)OCc1ccccc1)CC(=O)c1ccc(Oc2ccccc2)cc1)B1O[C@@H]2C[C@H]3C[C@H](C3(C)C)[C@]2(C)O1. The van der Waals surface area contributed by atoms with Crippen molar-refractivity contribution in [1.82, 2.24) is 10.6 Å². The van der Waals surface area contributed by atoms with Gasteiger partial charge in [0.15, 0.2) is 5.78 Å². The molecule has 3 saturated carbocycles. The van der Waals surface area contributed by atoms with Crippen molar-refractivity contribution in [1.29, 1.82) is 0 Å². The van der Waals surface area contributed by atoms with Crippen LogP contribution in [0.2, 0.25) is 0 Å². The molecular formula is C40H49BN2O7. The average molecular weight is 681 g/mol. The van der Waals surface area contributed by atoms with Crippen LogP contribution < -0.4 is 15.4 Å². The predicted octanol–water partition coefficient (Wildman–Crippen LogP) is 7.39. The van der Waals surface area contributed by atoms with E-state index in [1.165, 1.54) is 0 Å². The van der Waals surface area contributed by atoms with Gasteiger partial charge in [-0.2, -0.15) is 0 Å². The molecule has 7 rings (SSSR count). The van der Waals surface area contributed by atoms with E-state index < -0.39 is 30.7 Å².